The average molecular weight is 453 g/mol. The molecule has 14 atom stereocenters. The highest BCUT2D eigenvalue weighted by atomic mass is 14.8. The third-order valence-electron chi connectivity index (χ3n) is 15.9. The van der Waals surface area contributed by atoms with E-state index in [2.05, 4.69) is 69.2 Å². The van der Waals surface area contributed by atoms with Crippen molar-refractivity contribution in [2.75, 3.05) is 0 Å². The van der Waals surface area contributed by atoms with Crippen molar-refractivity contribution in [1.82, 2.24) is 0 Å². The summed E-state index contributed by atoms with van der Waals surface area (Å²) in [5, 5.41) is 0. The highest BCUT2D eigenvalue weighted by molar-refractivity contribution is 5.28. The molecular formula is C33H56. The number of hydrogen-bond acceptors (Lipinski definition) is 0. The van der Waals surface area contributed by atoms with Crippen LogP contribution in [0.4, 0.5) is 0 Å². The van der Waals surface area contributed by atoms with Gasteiger partial charge in [0.15, 0.2) is 0 Å². The standard InChI is InChI=1S/C33H56/c1-11-26-19(2)12-20(3)29(7,8)33-16-24(26)14-25(13-21(33)4)31(10)23(6)27(33)17-32-15-22(5)30(9,18-32)28(31)32/h19-28H,11-18H2,1-10H3. The van der Waals surface area contributed by atoms with Crippen molar-refractivity contribution in [3.8, 4) is 0 Å². The minimum Gasteiger partial charge on any atom is -0.0651 e. The largest absolute Gasteiger partial charge is 0.0651 e. The van der Waals surface area contributed by atoms with Gasteiger partial charge in [0, 0.05) is 0 Å². The van der Waals surface area contributed by atoms with Crippen molar-refractivity contribution in [1.29, 1.82) is 0 Å². The summed E-state index contributed by atoms with van der Waals surface area (Å²) in [5.74, 6) is 9.31. The van der Waals surface area contributed by atoms with Crippen LogP contribution >= 0.6 is 0 Å². The van der Waals surface area contributed by atoms with Crippen molar-refractivity contribution in [3.05, 3.63) is 0 Å². The SMILES string of the molecule is CCC1C(C)CC(C)C(C)(C)C23CC1CC(CC2C)C1(C)C(C)C3CC23CC(C)C(C)(C2)C31. The van der Waals surface area contributed by atoms with E-state index in [1.165, 1.54) is 19.3 Å². The Labute approximate surface area is 206 Å². The summed E-state index contributed by atoms with van der Waals surface area (Å²) in [6, 6.07) is 0. The molecule has 0 heteroatoms. The molecule has 0 aliphatic heterocycles. The van der Waals surface area contributed by atoms with Gasteiger partial charge in [-0.3, -0.25) is 0 Å². The van der Waals surface area contributed by atoms with Gasteiger partial charge in [-0.15, -0.1) is 0 Å². The smallest absolute Gasteiger partial charge is 0.0184 e. The normalized spacial score (nSPS) is 65.3. The lowest BCUT2D eigenvalue weighted by Crippen LogP contribution is -2.68. The van der Waals surface area contributed by atoms with E-state index in [-0.39, 0.29) is 0 Å². The molecule has 0 heterocycles. The first kappa shape index (κ1) is 23.4. The molecule has 7 aliphatic rings. The Morgan fingerprint density at radius 3 is 2.09 bits per heavy atom. The van der Waals surface area contributed by atoms with E-state index in [0.717, 1.165) is 59.2 Å². The van der Waals surface area contributed by atoms with Gasteiger partial charge in [0.25, 0.3) is 0 Å². The summed E-state index contributed by atoms with van der Waals surface area (Å²) in [7, 11) is 0. The summed E-state index contributed by atoms with van der Waals surface area (Å²) in [5.41, 5.74) is 2.87. The molecular weight excluding hydrogens is 396 g/mol. The Balaban J connectivity index is 1.60. The van der Waals surface area contributed by atoms with Crippen LogP contribution in [-0.2, 0) is 0 Å². The van der Waals surface area contributed by atoms with Crippen LogP contribution < -0.4 is 0 Å². The van der Waals surface area contributed by atoms with Crippen LogP contribution in [0.1, 0.15) is 121 Å². The maximum absolute atomic E-state index is 2.88. The van der Waals surface area contributed by atoms with Gasteiger partial charge in [-0.25, -0.2) is 0 Å². The molecule has 0 radical (unpaired) electrons. The van der Waals surface area contributed by atoms with E-state index in [1.807, 2.05) is 0 Å². The van der Waals surface area contributed by atoms with Crippen molar-refractivity contribution in [2.24, 2.45) is 86.3 Å². The molecule has 0 aromatic heterocycles. The van der Waals surface area contributed by atoms with E-state index in [1.54, 1.807) is 32.1 Å². The summed E-state index contributed by atoms with van der Waals surface area (Å²) in [4.78, 5) is 0. The quantitative estimate of drug-likeness (QED) is 0.371. The number of rotatable bonds is 1. The minimum atomic E-state index is 0.442. The van der Waals surface area contributed by atoms with Crippen molar-refractivity contribution in [3.63, 3.8) is 0 Å². The highest BCUT2D eigenvalue weighted by Crippen LogP contribution is 2.87. The monoisotopic (exact) mass is 452 g/mol. The molecule has 33 heavy (non-hydrogen) atoms. The first-order valence-corrected chi connectivity index (χ1v) is 15.3. The lowest BCUT2D eigenvalue weighted by atomic mass is 9.31. The predicted molar refractivity (Wildman–Crippen MR) is 141 cm³/mol. The van der Waals surface area contributed by atoms with Crippen LogP contribution in [0, 0.1) is 86.3 Å². The van der Waals surface area contributed by atoms with Crippen molar-refractivity contribution in [2.45, 2.75) is 121 Å². The van der Waals surface area contributed by atoms with E-state index >= 15 is 0 Å². The fourth-order valence-electron chi connectivity index (χ4n) is 14.4. The van der Waals surface area contributed by atoms with Gasteiger partial charge in [-0.05, 0) is 131 Å². The van der Waals surface area contributed by atoms with Gasteiger partial charge in [0.2, 0.25) is 0 Å². The second-order valence-electron chi connectivity index (χ2n) is 16.5. The van der Waals surface area contributed by atoms with Crippen LogP contribution in [0.2, 0.25) is 0 Å². The Morgan fingerprint density at radius 1 is 0.758 bits per heavy atom. The fraction of sp³-hybridized carbons (Fsp3) is 1.00. The average Bonchev–Trinajstić information content (AvgIpc) is 2.99. The van der Waals surface area contributed by atoms with Crippen molar-refractivity contribution < 1.29 is 0 Å². The van der Waals surface area contributed by atoms with Gasteiger partial charge in [-0.1, -0.05) is 75.7 Å². The molecule has 0 N–H and O–H groups in total. The molecule has 14 unspecified atom stereocenters. The summed E-state index contributed by atoms with van der Waals surface area (Å²) in [6.07, 6.45) is 12.2. The first-order chi connectivity index (χ1) is 15.3. The third kappa shape index (κ3) is 2.38. The van der Waals surface area contributed by atoms with Crippen LogP contribution in [0.25, 0.3) is 0 Å². The molecule has 2 spiro atoms. The Bertz CT molecular complexity index is 820. The maximum Gasteiger partial charge on any atom is -0.0184 e. The van der Waals surface area contributed by atoms with E-state index in [9.17, 15) is 0 Å². The van der Waals surface area contributed by atoms with Crippen LogP contribution in [-0.4, -0.2) is 0 Å². The van der Waals surface area contributed by atoms with E-state index in [4.69, 9.17) is 0 Å². The zero-order chi connectivity index (χ0) is 23.9. The molecule has 0 saturated heterocycles. The minimum absolute atomic E-state index is 0.442. The molecule has 7 rings (SSSR count). The first-order valence-electron chi connectivity index (χ1n) is 15.3. The topological polar surface area (TPSA) is 0 Å². The Kier molecular flexibility index (Phi) is 4.72. The summed E-state index contributed by atoms with van der Waals surface area (Å²) < 4.78 is 0. The lowest BCUT2D eigenvalue weighted by molar-refractivity contribution is -0.257. The molecule has 188 valence electrons. The number of fused-ring (bicyclic) bond motifs is 7. The third-order valence-corrected chi connectivity index (χ3v) is 15.9. The molecule has 0 aromatic rings. The fourth-order valence-corrected chi connectivity index (χ4v) is 14.4. The molecule has 0 amide bonds. The van der Waals surface area contributed by atoms with Gasteiger partial charge >= 0.3 is 0 Å². The number of hydrogen-bond donors (Lipinski definition) is 0. The zero-order valence-corrected chi connectivity index (χ0v) is 23.9. The van der Waals surface area contributed by atoms with Crippen LogP contribution in [0.15, 0.2) is 0 Å². The van der Waals surface area contributed by atoms with Gasteiger partial charge < -0.3 is 0 Å². The van der Waals surface area contributed by atoms with Gasteiger partial charge in [0.1, 0.15) is 0 Å². The predicted octanol–water partition coefficient (Wildman–Crippen LogP) is 9.48. The van der Waals surface area contributed by atoms with E-state index in [0.29, 0.717) is 27.1 Å². The molecule has 7 saturated carbocycles. The van der Waals surface area contributed by atoms with Crippen LogP contribution in [0.5, 0.6) is 0 Å². The van der Waals surface area contributed by atoms with Gasteiger partial charge in [-0.2, -0.15) is 0 Å². The van der Waals surface area contributed by atoms with E-state index < -0.39 is 0 Å². The lowest BCUT2D eigenvalue weighted by Gasteiger charge is -2.74. The molecule has 0 nitrogen and oxygen atoms in total. The molecule has 7 fully saturated rings. The summed E-state index contributed by atoms with van der Waals surface area (Å²) in [6.45, 7) is 27.2. The Morgan fingerprint density at radius 2 is 1.45 bits per heavy atom. The Hall–Kier alpha value is 0. The summed E-state index contributed by atoms with van der Waals surface area (Å²) >= 11 is 0. The molecule has 0 aromatic carbocycles. The molecule has 7 aliphatic carbocycles. The second-order valence-corrected chi connectivity index (χ2v) is 16.5. The molecule has 7 bridgehead atoms. The maximum atomic E-state index is 2.88. The van der Waals surface area contributed by atoms with Crippen molar-refractivity contribution >= 4 is 0 Å². The zero-order valence-electron chi connectivity index (χ0n) is 23.9. The van der Waals surface area contributed by atoms with Crippen LogP contribution in [0.3, 0.4) is 0 Å². The second kappa shape index (κ2) is 6.65. The highest BCUT2D eigenvalue weighted by Gasteiger charge is 2.80. The van der Waals surface area contributed by atoms with Gasteiger partial charge in [0.05, 0.1) is 0 Å².